The summed E-state index contributed by atoms with van der Waals surface area (Å²) in [4.78, 5) is 13.0. The lowest BCUT2D eigenvalue weighted by Gasteiger charge is -2.22. The fourth-order valence-electron chi connectivity index (χ4n) is 3.68. The summed E-state index contributed by atoms with van der Waals surface area (Å²) in [7, 11) is 0. The summed E-state index contributed by atoms with van der Waals surface area (Å²) < 4.78 is 37.7. The van der Waals surface area contributed by atoms with Crippen molar-refractivity contribution in [3.05, 3.63) is 88.9 Å². The maximum absolute atomic E-state index is 14.4. The van der Waals surface area contributed by atoms with Crippen molar-refractivity contribution >= 4 is 0 Å². The minimum atomic E-state index is -1.00. The largest absolute Gasteiger partial charge is 0.362 e. The maximum Gasteiger partial charge on any atom is 0.333 e. The van der Waals surface area contributed by atoms with Crippen molar-refractivity contribution in [2.45, 2.75) is 18.6 Å². The number of benzene rings is 2. The van der Waals surface area contributed by atoms with Gasteiger partial charge in [0.15, 0.2) is 0 Å². The highest BCUT2D eigenvalue weighted by molar-refractivity contribution is 5.41. The molecule has 8 nitrogen and oxygen atoms in total. The molecule has 1 saturated heterocycles. The first-order chi connectivity index (χ1) is 14.5. The average Bonchev–Trinajstić information content (AvgIpc) is 3.18. The van der Waals surface area contributed by atoms with E-state index in [1.807, 2.05) is 0 Å². The number of rotatable bonds is 5. The third-order valence-electron chi connectivity index (χ3n) is 5.48. The third-order valence-corrected chi connectivity index (χ3v) is 5.48. The number of aromatic nitrogens is 6. The molecule has 1 aliphatic rings. The van der Waals surface area contributed by atoms with Gasteiger partial charge in [-0.15, -0.1) is 5.10 Å². The van der Waals surface area contributed by atoms with Crippen LogP contribution in [0.1, 0.15) is 18.5 Å². The van der Waals surface area contributed by atoms with Gasteiger partial charge < -0.3 is 4.74 Å². The number of nitrogens with zero attached hydrogens (tertiary/aromatic N) is 6. The average molecular weight is 410 g/mol. The van der Waals surface area contributed by atoms with Gasteiger partial charge in [0.25, 0.3) is 0 Å². The molecule has 1 aliphatic heterocycles. The molecule has 2 atom stereocenters. The van der Waals surface area contributed by atoms with Gasteiger partial charge in [-0.3, -0.25) is 9.13 Å². The van der Waals surface area contributed by atoms with Crippen molar-refractivity contribution < 1.29 is 13.5 Å². The minimum Gasteiger partial charge on any atom is -0.362 e. The number of epoxide rings is 1. The Morgan fingerprint density at radius 1 is 1.10 bits per heavy atom. The van der Waals surface area contributed by atoms with Crippen LogP contribution < -0.4 is 5.69 Å². The summed E-state index contributed by atoms with van der Waals surface area (Å²) >= 11 is 0. The van der Waals surface area contributed by atoms with Crippen LogP contribution in [-0.2, 0) is 10.3 Å². The number of hydrogen-bond acceptors (Lipinski definition) is 5. The Morgan fingerprint density at radius 2 is 1.83 bits per heavy atom. The van der Waals surface area contributed by atoms with Crippen LogP contribution in [0.15, 0.2) is 66.0 Å². The second-order valence-electron chi connectivity index (χ2n) is 7.11. The fourth-order valence-corrected chi connectivity index (χ4v) is 3.68. The first-order valence-corrected chi connectivity index (χ1v) is 9.22. The number of imidazole rings is 1. The molecular formula is C20H16F2N6O2. The summed E-state index contributed by atoms with van der Waals surface area (Å²) in [5.74, 6) is -1.35. The van der Waals surface area contributed by atoms with Gasteiger partial charge in [-0.1, -0.05) is 6.07 Å². The van der Waals surface area contributed by atoms with Gasteiger partial charge in [0, 0.05) is 24.0 Å². The topological polar surface area (TPSA) is 83.1 Å². The zero-order chi connectivity index (χ0) is 20.9. The van der Waals surface area contributed by atoms with Crippen molar-refractivity contribution in [2.24, 2.45) is 0 Å². The van der Waals surface area contributed by atoms with Crippen LogP contribution in [-0.4, -0.2) is 35.9 Å². The van der Waals surface area contributed by atoms with Gasteiger partial charge in [0.05, 0.1) is 24.0 Å². The Balaban J connectivity index is 1.47. The quantitative estimate of drug-likeness (QED) is 0.472. The molecule has 0 N–H and O–H groups in total. The van der Waals surface area contributed by atoms with Gasteiger partial charge >= 0.3 is 5.69 Å². The van der Waals surface area contributed by atoms with Crippen LogP contribution in [0, 0.1) is 11.6 Å². The van der Waals surface area contributed by atoms with Crippen molar-refractivity contribution in [3.8, 4) is 11.4 Å². The standard InChI is InChI=1S/C20H16F2N6O2/c1-13(20(11-30-20)17-7-2-14(21)10-18(17)22)26-8-9-27(19(26)29)15-3-5-16(6-4-15)28-12-23-24-25-28/h2-10,12-13H,11H2,1H3/t13-,20-/m1/s1. The molecule has 0 aliphatic carbocycles. The van der Waals surface area contributed by atoms with E-state index in [-0.39, 0.29) is 17.9 Å². The predicted octanol–water partition coefficient (Wildman–Crippen LogP) is 2.38. The van der Waals surface area contributed by atoms with E-state index in [2.05, 4.69) is 15.5 Å². The Hall–Kier alpha value is -3.66. The van der Waals surface area contributed by atoms with Crippen LogP contribution in [0.4, 0.5) is 8.78 Å². The van der Waals surface area contributed by atoms with Crippen LogP contribution >= 0.6 is 0 Å². The van der Waals surface area contributed by atoms with E-state index >= 15 is 0 Å². The smallest absolute Gasteiger partial charge is 0.333 e. The van der Waals surface area contributed by atoms with E-state index < -0.39 is 23.3 Å². The number of hydrogen-bond donors (Lipinski definition) is 0. The number of ether oxygens (including phenoxy) is 1. The molecule has 2 aromatic carbocycles. The highest BCUT2D eigenvalue weighted by Gasteiger charge is 2.54. The molecule has 1 fully saturated rings. The SMILES string of the molecule is C[C@@H](n1ccn(-c2ccc(-n3cnnn3)cc2)c1=O)[C@@]1(c2ccc(F)cc2F)CO1. The Labute approximate surface area is 168 Å². The molecule has 0 bridgehead atoms. The molecule has 4 aromatic rings. The number of tetrazole rings is 1. The normalized spacial score (nSPS) is 19.0. The van der Waals surface area contributed by atoms with Gasteiger partial charge in [-0.25, -0.2) is 18.3 Å². The van der Waals surface area contributed by atoms with Crippen molar-refractivity contribution in [2.75, 3.05) is 6.61 Å². The Kier molecular flexibility index (Phi) is 4.10. The van der Waals surface area contributed by atoms with E-state index in [1.54, 1.807) is 43.6 Å². The molecule has 0 spiro atoms. The maximum atomic E-state index is 14.4. The van der Waals surface area contributed by atoms with Gasteiger partial charge in [-0.2, -0.15) is 0 Å². The lowest BCUT2D eigenvalue weighted by Crippen LogP contribution is -2.32. The summed E-state index contributed by atoms with van der Waals surface area (Å²) in [6.07, 6.45) is 4.75. The first-order valence-electron chi connectivity index (χ1n) is 9.22. The van der Waals surface area contributed by atoms with Gasteiger partial charge in [0.2, 0.25) is 0 Å². The highest BCUT2D eigenvalue weighted by Crippen LogP contribution is 2.48. The van der Waals surface area contributed by atoms with Crippen LogP contribution in [0.5, 0.6) is 0 Å². The molecule has 3 heterocycles. The molecule has 0 saturated carbocycles. The second kappa shape index (κ2) is 6.70. The van der Waals surface area contributed by atoms with Gasteiger partial charge in [-0.05, 0) is 47.7 Å². The van der Waals surface area contributed by atoms with Crippen molar-refractivity contribution in [1.82, 2.24) is 29.3 Å². The highest BCUT2D eigenvalue weighted by atomic mass is 19.1. The van der Waals surface area contributed by atoms with E-state index in [4.69, 9.17) is 4.74 Å². The summed E-state index contributed by atoms with van der Waals surface area (Å²) in [5, 5.41) is 11.0. The Bertz CT molecular complexity index is 1260. The van der Waals surface area contributed by atoms with Gasteiger partial charge in [0.1, 0.15) is 23.6 Å². The van der Waals surface area contributed by atoms with Crippen molar-refractivity contribution in [3.63, 3.8) is 0 Å². The zero-order valence-electron chi connectivity index (χ0n) is 15.8. The predicted molar refractivity (Wildman–Crippen MR) is 101 cm³/mol. The molecule has 0 unspecified atom stereocenters. The van der Waals surface area contributed by atoms with E-state index in [0.717, 1.165) is 11.8 Å². The Morgan fingerprint density at radius 3 is 2.47 bits per heavy atom. The lowest BCUT2D eigenvalue weighted by atomic mass is 9.92. The van der Waals surface area contributed by atoms with E-state index in [0.29, 0.717) is 5.69 Å². The van der Waals surface area contributed by atoms with E-state index in [1.165, 1.54) is 32.3 Å². The molecule has 0 amide bonds. The minimum absolute atomic E-state index is 0.238. The summed E-state index contributed by atoms with van der Waals surface area (Å²) in [5.41, 5.74) is 0.345. The molecule has 152 valence electrons. The van der Waals surface area contributed by atoms with Crippen LogP contribution in [0.2, 0.25) is 0 Å². The van der Waals surface area contributed by atoms with Crippen molar-refractivity contribution in [1.29, 1.82) is 0 Å². The lowest BCUT2D eigenvalue weighted by molar-refractivity contribution is 0.222. The monoisotopic (exact) mass is 410 g/mol. The molecule has 0 radical (unpaired) electrons. The molecular weight excluding hydrogens is 394 g/mol. The first kappa shape index (κ1) is 18.4. The summed E-state index contributed by atoms with van der Waals surface area (Å²) in [6, 6.07) is 10.0. The van der Waals surface area contributed by atoms with Crippen LogP contribution in [0.3, 0.4) is 0 Å². The molecule has 30 heavy (non-hydrogen) atoms. The molecule has 5 rings (SSSR count). The van der Waals surface area contributed by atoms with Crippen LogP contribution in [0.25, 0.3) is 11.4 Å². The molecule has 2 aromatic heterocycles. The summed E-state index contributed by atoms with van der Waals surface area (Å²) in [6.45, 7) is 2.03. The fraction of sp³-hybridized carbons (Fsp3) is 0.200. The number of halogens is 2. The molecule has 10 heteroatoms. The second-order valence-corrected chi connectivity index (χ2v) is 7.11. The third kappa shape index (κ3) is 2.84. The zero-order valence-corrected chi connectivity index (χ0v) is 15.8. The van der Waals surface area contributed by atoms with E-state index in [9.17, 15) is 13.6 Å².